The Balaban J connectivity index is 1.98. The van der Waals surface area contributed by atoms with E-state index in [9.17, 15) is 13.2 Å². The van der Waals surface area contributed by atoms with Crippen LogP contribution >= 0.6 is 0 Å². The molecular weight excluding hydrogens is 247 g/mol. The number of benzene rings is 1. The van der Waals surface area contributed by atoms with Crippen molar-refractivity contribution in [3.05, 3.63) is 23.8 Å². The predicted octanol–water partition coefficient (Wildman–Crippen LogP) is 2.28. The number of fused-ring (bicyclic) bond motifs is 1. The summed E-state index contributed by atoms with van der Waals surface area (Å²) in [7, 11) is 0. The summed E-state index contributed by atoms with van der Waals surface area (Å²) in [5.41, 5.74) is 5.82. The standard InChI is InChI=1S/C12H14F3NO2/c13-12(14,15)11(16)4-2-8-1-3-9-10(7-8)18-6-5-17-9/h1,3,7,11H,2,4-6,16H2. The van der Waals surface area contributed by atoms with Crippen LogP contribution in [0.2, 0.25) is 0 Å². The predicted molar refractivity (Wildman–Crippen MR) is 59.8 cm³/mol. The van der Waals surface area contributed by atoms with Gasteiger partial charge in [0.1, 0.15) is 19.3 Å². The number of nitrogens with two attached hydrogens (primary N) is 1. The second-order valence-electron chi connectivity index (χ2n) is 4.16. The molecule has 1 aromatic rings. The van der Waals surface area contributed by atoms with E-state index in [-0.39, 0.29) is 12.8 Å². The van der Waals surface area contributed by atoms with Crippen LogP contribution in [0.15, 0.2) is 18.2 Å². The number of hydrogen-bond acceptors (Lipinski definition) is 3. The highest BCUT2D eigenvalue weighted by molar-refractivity contribution is 5.43. The first-order valence-electron chi connectivity index (χ1n) is 5.67. The topological polar surface area (TPSA) is 44.5 Å². The fraction of sp³-hybridized carbons (Fsp3) is 0.500. The molecule has 0 radical (unpaired) electrons. The molecule has 6 heteroatoms. The zero-order valence-corrected chi connectivity index (χ0v) is 9.67. The summed E-state index contributed by atoms with van der Waals surface area (Å²) < 4.78 is 47.5. The highest BCUT2D eigenvalue weighted by atomic mass is 19.4. The minimum Gasteiger partial charge on any atom is -0.486 e. The Labute approximate surface area is 103 Å². The van der Waals surface area contributed by atoms with Gasteiger partial charge in [0, 0.05) is 0 Å². The Hall–Kier alpha value is -1.43. The second kappa shape index (κ2) is 5.06. The van der Waals surface area contributed by atoms with Crippen molar-refractivity contribution in [1.82, 2.24) is 0 Å². The molecule has 1 atom stereocenters. The molecular formula is C12H14F3NO2. The third-order valence-corrected chi connectivity index (χ3v) is 2.77. The van der Waals surface area contributed by atoms with Crippen LogP contribution in [0.25, 0.3) is 0 Å². The molecule has 1 unspecified atom stereocenters. The van der Waals surface area contributed by atoms with Crippen LogP contribution in [0.5, 0.6) is 11.5 Å². The van der Waals surface area contributed by atoms with Gasteiger partial charge in [-0.25, -0.2) is 0 Å². The van der Waals surface area contributed by atoms with E-state index >= 15 is 0 Å². The third-order valence-electron chi connectivity index (χ3n) is 2.77. The van der Waals surface area contributed by atoms with Crippen molar-refractivity contribution < 1.29 is 22.6 Å². The lowest BCUT2D eigenvalue weighted by Crippen LogP contribution is -2.37. The Kier molecular flexibility index (Phi) is 3.65. The highest BCUT2D eigenvalue weighted by Gasteiger charge is 2.36. The van der Waals surface area contributed by atoms with Crippen LogP contribution in [0.4, 0.5) is 13.2 Å². The van der Waals surface area contributed by atoms with Crippen molar-refractivity contribution in [2.24, 2.45) is 5.73 Å². The first-order chi connectivity index (χ1) is 8.47. The summed E-state index contributed by atoms with van der Waals surface area (Å²) in [5, 5.41) is 0. The molecule has 2 rings (SSSR count). The highest BCUT2D eigenvalue weighted by Crippen LogP contribution is 2.31. The van der Waals surface area contributed by atoms with E-state index < -0.39 is 12.2 Å². The number of rotatable bonds is 3. The molecule has 3 nitrogen and oxygen atoms in total. The molecule has 0 amide bonds. The van der Waals surface area contributed by atoms with Crippen molar-refractivity contribution in [2.75, 3.05) is 13.2 Å². The summed E-state index contributed by atoms with van der Waals surface area (Å²) in [4.78, 5) is 0. The van der Waals surface area contributed by atoms with Crippen LogP contribution in [0.3, 0.4) is 0 Å². The molecule has 1 aliphatic rings. The average Bonchev–Trinajstić information content (AvgIpc) is 2.34. The smallest absolute Gasteiger partial charge is 0.403 e. The fourth-order valence-corrected chi connectivity index (χ4v) is 1.73. The van der Waals surface area contributed by atoms with Gasteiger partial charge in [0.15, 0.2) is 11.5 Å². The molecule has 0 saturated carbocycles. The molecule has 1 aromatic carbocycles. The Bertz CT molecular complexity index is 420. The summed E-state index contributed by atoms with van der Waals surface area (Å²) >= 11 is 0. The van der Waals surface area contributed by atoms with E-state index in [0.29, 0.717) is 24.7 Å². The van der Waals surface area contributed by atoms with Gasteiger partial charge in [-0.15, -0.1) is 0 Å². The maximum Gasteiger partial charge on any atom is 0.403 e. The second-order valence-corrected chi connectivity index (χ2v) is 4.16. The molecule has 100 valence electrons. The van der Waals surface area contributed by atoms with Gasteiger partial charge in [0.25, 0.3) is 0 Å². The van der Waals surface area contributed by atoms with Gasteiger partial charge >= 0.3 is 6.18 Å². The lowest BCUT2D eigenvalue weighted by molar-refractivity contribution is -0.148. The normalized spacial score (nSPS) is 16.4. The molecule has 0 spiro atoms. The van der Waals surface area contributed by atoms with Gasteiger partial charge in [-0.2, -0.15) is 13.2 Å². The van der Waals surface area contributed by atoms with Gasteiger partial charge in [-0.1, -0.05) is 6.07 Å². The van der Waals surface area contributed by atoms with E-state index in [1.54, 1.807) is 18.2 Å². The van der Waals surface area contributed by atoms with Crippen molar-refractivity contribution in [3.8, 4) is 11.5 Å². The average molecular weight is 261 g/mol. The van der Waals surface area contributed by atoms with Gasteiger partial charge in [-0.05, 0) is 30.5 Å². The van der Waals surface area contributed by atoms with Gasteiger partial charge in [0.05, 0.1) is 0 Å². The molecule has 0 saturated heterocycles. The van der Waals surface area contributed by atoms with Crippen LogP contribution < -0.4 is 15.2 Å². The van der Waals surface area contributed by atoms with E-state index in [1.807, 2.05) is 0 Å². The first-order valence-corrected chi connectivity index (χ1v) is 5.67. The van der Waals surface area contributed by atoms with Crippen molar-refractivity contribution in [3.63, 3.8) is 0 Å². The van der Waals surface area contributed by atoms with Crippen molar-refractivity contribution in [1.29, 1.82) is 0 Å². The van der Waals surface area contributed by atoms with Crippen LogP contribution in [-0.2, 0) is 6.42 Å². The van der Waals surface area contributed by atoms with E-state index in [0.717, 1.165) is 5.56 Å². The lowest BCUT2D eigenvalue weighted by atomic mass is 10.0. The number of aryl methyl sites for hydroxylation is 1. The van der Waals surface area contributed by atoms with Gasteiger partial charge in [-0.3, -0.25) is 0 Å². The fourth-order valence-electron chi connectivity index (χ4n) is 1.73. The molecule has 0 fully saturated rings. The summed E-state index contributed by atoms with van der Waals surface area (Å²) in [5.74, 6) is 1.21. The molecule has 2 N–H and O–H groups in total. The Morgan fingerprint density at radius 3 is 2.50 bits per heavy atom. The summed E-state index contributed by atoms with van der Waals surface area (Å²) in [6.45, 7) is 0.948. The SMILES string of the molecule is NC(CCc1ccc2c(c1)OCCO2)C(F)(F)F. The van der Waals surface area contributed by atoms with Crippen LogP contribution in [-0.4, -0.2) is 25.4 Å². The monoisotopic (exact) mass is 261 g/mol. The quantitative estimate of drug-likeness (QED) is 0.907. The van der Waals surface area contributed by atoms with Gasteiger partial charge in [0.2, 0.25) is 0 Å². The maximum atomic E-state index is 12.3. The van der Waals surface area contributed by atoms with Crippen molar-refractivity contribution >= 4 is 0 Å². The number of halogens is 3. The Morgan fingerprint density at radius 2 is 1.83 bits per heavy atom. The minimum absolute atomic E-state index is 0.136. The van der Waals surface area contributed by atoms with E-state index in [2.05, 4.69) is 0 Å². The van der Waals surface area contributed by atoms with E-state index in [4.69, 9.17) is 15.2 Å². The van der Waals surface area contributed by atoms with Gasteiger partial charge < -0.3 is 15.2 Å². The largest absolute Gasteiger partial charge is 0.486 e. The van der Waals surface area contributed by atoms with Crippen LogP contribution in [0, 0.1) is 0 Å². The zero-order chi connectivity index (χ0) is 13.2. The lowest BCUT2D eigenvalue weighted by Gasteiger charge is -2.19. The van der Waals surface area contributed by atoms with E-state index in [1.165, 1.54) is 0 Å². The third kappa shape index (κ3) is 3.07. The zero-order valence-electron chi connectivity index (χ0n) is 9.67. The Morgan fingerprint density at radius 1 is 1.17 bits per heavy atom. The molecule has 0 aliphatic carbocycles. The minimum atomic E-state index is -4.34. The molecule has 1 heterocycles. The molecule has 18 heavy (non-hydrogen) atoms. The van der Waals surface area contributed by atoms with Crippen LogP contribution in [0.1, 0.15) is 12.0 Å². The number of hydrogen-bond donors (Lipinski definition) is 1. The summed E-state index contributed by atoms with van der Waals surface area (Å²) in [6.07, 6.45) is -4.21. The number of alkyl halides is 3. The number of ether oxygens (including phenoxy) is 2. The first kappa shape index (κ1) is 13.0. The molecule has 1 aliphatic heterocycles. The van der Waals surface area contributed by atoms with Crippen molar-refractivity contribution in [2.45, 2.75) is 25.1 Å². The molecule has 0 aromatic heterocycles. The maximum absolute atomic E-state index is 12.3. The molecule has 0 bridgehead atoms. The summed E-state index contributed by atoms with van der Waals surface area (Å²) in [6, 6.07) is 3.36.